The van der Waals surface area contributed by atoms with Crippen LogP contribution in [0.3, 0.4) is 0 Å². The molecule has 2 atom stereocenters. The molecule has 0 spiro atoms. The molecule has 1 fully saturated rings. The lowest BCUT2D eigenvalue weighted by atomic mass is 10.1. The number of carbonyl (C=O) groups is 2. The molecule has 0 saturated heterocycles. The monoisotopic (exact) mass is 379 g/mol. The lowest BCUT2D eigenvalue weighted by Crippen LogP contribution is -2.21. The van der Waals surface area contributed by atoms with Crippen LogP contribution in [0.1, 0.15) is 29.3 Å². The second-order valence-electron chi connectivity index (χ2n) is 6.47. The molecule has 1 aromatic carbocycles. The number of anilines is 2. The van der Waals surface area contributed by atoms with Crippen molar-refractivity contribution in [2.75, 3.05) is 10.6 Å². The summed E-state index contributed by atoms with van der Waals surface area (Å²) in [6.45, 7) is 1.96. The molecule has 1 saturated carbocycles. The number of amides is 2. The largest absolute Gasteiger partial charge is 0.417 e. The van der Waals surface area contributed by atoms with E-state index < -0.39 is 28.9 Å². The summed E-state index contributed by atoms with van der Waals surface area (Å²) in [4.78, 5) is 37.9. The Kier molecular flexibility index (Phi) is 4.77. The average Bonchev–Trinajstić information content (AvgIpc) is 3.33. The molecule has 2 amide bonds. The number of alkyl halides is 3. The van der Waals surface area contributed by atoms with Crippen molar-refractivity contribution in [1.29, 1.82) is 0 Å². The van der Waals surface area contributed by atoms with Gasteiger partial charge in [-0.1, -0.05) is 13.0 Å². The van der Waals surface area contributed by atoms with Gasteiger partial charge >= 0.3 is 6.18 Å². The number of aromatic nitrogens is 1. The highest BCUT2D eigenvalue weighted by molar-refractivity contribution is 6.05. The maximum Gasteiger partial charge on any atom is 0.417 e. The normalized spacial score (nSPS) is 18.7. The third-order valence-corrected chi connectivity index (χ3v) is 4.32. The fourth-order valence-corrected chi connectivity index (χ4v) is 2.60. The van der Waals surface area contributed by atoms with Crippen molar-refractivity contribution in [3.8, 4) is 0 Å². The summed E-state index contributed by atoms with van der Waals surface area (Å²) >= 11 is 0. The molecule has 27 heavy (non-hydrogen) atoms. The van der Waals surface area contributed by atoms with E-state index in [1.54, 1.807) is 6.07 Å². The molecule has 3 N–H and O–H groups in total. The first-order chi connectivity index (χ1) is 12.6. The van der Waals surface area contributed by atoms with Gasteiger partial charge in [-0.25, -0.2) is 0 Å². The molecule has 0 radical (unpaired) electrons. The molecule has 9 heteroatoms. The topological polar surface area (TPSA) is 91.1 Å². The van der Waals surface area contributed by atoms with E-state index in [0.29, 0.717) is 23.9 Å². The fraction of sp³-hybridized carbons (Fsp3) is 0.278. The number of H-pyrrole nitrogens is 1. The number of benzene rings is 1. The predicted octanol–water partition coefficient (Wildman–Crippen LogP) is 3.24. The summed E-state index contributed by atoms with van der Waals surface area (Å²) in [5.41, 5.74) is -1.98. The molecule has 0 bridgehead atoms. The number of nitrogens with one attached hydrogen (secondary N) is 3. The van der Waals surface area contributed by atoms with Crippen LogP contribution in [0.25, 0.3) is 0 Å². The van der Waals surface area contributed by atoms with Crippen molar-refractivity contribution in [1.82, 2.24) is 4.98 Å². The summed E-state index contributed by atoms with van der Waals surface area (Å²) in [6, 6.07) is 6.50. The number of carbonyl (C=O) groups excluding carboxylic acids is 2. The van der Waals surface area contributed by atoms with Crippen molar-refractivity contribution in [3.05, 3.63) is 58.0 Å². The Bertz CT molecular complexity index is 953. The van der Waals surface area contributed by atoms with Gasteiger partial charge in [0, 0.05) is 23.4 Å². The van der Waals surface area contributed by atoms with Crippen LogP contribution in [0, 0.1) is 11.8 Å². The maximum atomic E-state index is 12.8. The molecule has 0 unspecified atom stereocenters. The zero-order valence-electron chi connectivity index (χ0n) is 14.2. The van der Waals surface area contributed by atoms with Gasteiger partial charge < -0.3 is 15.6 Å². The third kappa shape index (κ3) is 4.36. The fourth-order valence-electron chi connectivity index (χ4n) is 2.60. The zero-order valence-corrected chi connectivity index (χ0v) is 14.2. The van der Waals surface area contributed by atoms with E-state index in [9.17, 15) is 27.6 Å². The molecule has 3 rings (SSSR count). The van der Waals surface area contributed by atoms with E-state index >= 15 is 0 Å². The Morgan fingerprint density at radius 2 is 1.89 bits per heavy atom. The van der Waals surface area contributed by atoms with E-state index in [-0.39, 0.29) is 17.4 Å². The highest BCUT2D eigenvalue weighted by Gasteiger charge is 2.39. The van der Waals surface area contributed by atoms with Crippen LogP contribution >= 0.6 is 0 Å². The van der Waals surface area contributed by atoms with E-state index in [4.69, 9.17) is 0 Å². The first kappa shape index (κ1) is 18.7. The lowest BCUT2D eigenvalue weighted by Gasteiger charge is -2.10. The highest BCUT2D eigenvalue weighted by atomic mass is 19.4. The lowest BCUT2D eigenvalue weighted by molar-refractivity contribution is -0.137. The summed E-state index contributed by atoms with van der Waals surface area (Å²) in [5, 5.41) is 4.86. The number of hydrogen-bond donors (Lipinski definition) is 3. The second kappa shape index (κ2) is 6.90. The van der Waals surface area contributed by atoms with Gasteiger partial charge in [-0.2, -0.15) is 13.2 Å². The highest BCUT2D eigenvalue weighted by Crippen LogP contribution is 2.38. The summed E-state index contributed by atoms with van der Waals surface area (Å²) < 4.78 is 38.3. The van der Waals surface area contributed by atoms with Crippen LogP contribution in [0.4, 0.5) is 24.5 Å². The summed E-state index contributed by atoms with van der Waals surface area (Å²) in [5.74, 6) is -0.639. The van der Waals surface area contributed by atoms with Crippen LogP contribution in [0.5, 0.6) is 0 Å². The average molecular weight is 379 g/mol. The van der Waals surface area contributed by atoms with Crippen LogP contribution in [-0.2, 0) is 11.0 Å². The number of rotatable bonds is 4. The number of pyridine rings is 1. The first-order valence-corrected chi connectivity index (χ1v) is 8.17. The molecule has 1 heterocycles. The van der Waals surface area contributed by atoms with Crippen molar-refractivity contribution in [2.24, 2.45) is 11.8 Å². The van der Waals surface area contributed by atoms with E-state index in [2.05, 4.69) is 10.6 Å². The summed E-state index contributed by atoms with van der Waals surface area (Å²) in [7, 11) is 0. The molecular weight excluding hydrogens is 363 g/mol. The molecule has 1 aromatic heterocycles. The van der Waals surface area contributed by atoms with Gasteiger partial charge in [0.1, 0.15) is 5.69 Å². The number of hydrogen-bond acceptors (Lipinski definition) is 3. The Balaban J connectivity index is 1.76. The quantitative estimate of drug-likeness (QED) is 0.762. The standard InChI is InChI=1S/C18H16F3N3O3/c1-9-5-13(9)16(26)23-12-4-2-3-10(6-12)15(25)24-14-7-11(18(19,20)21)8-22-17(14)27/h2-4,6-9,13H,5H2,1H3,(H,22,27)(H,23,26)(H,24,25)/t9-,13+/m1/s1. The number of aromatic amines is 1. The molecule has 6 nitrogen and oxygen atoms in total. The molecule has 2 aromatic rings. The van der Waals surface area contributed by atoms with Crippen LogP contribution in [-0.4, -0.2) is 16.8 Å². The molecule has 142 valence electrons. The minimum atomic E-state index is -4.66. The van der Waals surface area contributed by atoms with E-state index in [0.717, 1.165) is 6.42 Å². The van der Waals surface area contributed by atoms with Gasteiger partial charge in [0.05, 0.1) is 5.56 Å². The Morgan fingerprint density at radius 3 is 2.52 bits per heavy atom. The zero-order chi connectivity index (χ0) is 19.8. The van der Waals surface area contributed by atoms with Gasteiger partial charge in [0.2, 0.25) is 5.91 Å². The SMILES string of the molecule is C[C@@H]1C[C@@H]1C(=O)Nc1cccc(C(=O)Nc2cc(C(F)(F)F)c[nH]c2=O)c1. The second-order valence-corrected chi connectivity index (χ2v) is 6.47. The van der Waals surface area contributed by atoms with Gasteiger partial charge in [-0.15, -0.1) is 0 Å². The first-order valence-electron chi connectivity index (χ1n) is 8.17. The van der Waals surface area contributed by atoms with Crippen LogP contribution < -0.4 is 16.2 Å². The Hall–Kier alpha value is -3.10. The van der Waals surface area contributed by atoms with Crippen LogP contribution in [0.2, 0.25) is 0 Å². The minimum Gasteiger partial charge on any atom is -0.327 e. The van der Waals surface area contributed by atoms with Crippen molar-refractivity contribution in [3.63, 3.8) is 0 Å². The number of halogens is 3. The summed E-state index contributed by atoms with van der Waals surface area (Å²) in [6.07, 6.45) is -3.31. The smallest absolute Gasteiger partial charge is 0.327 e. The van der Waals surface area contributed by atoms with Crippen molar-refractivity contribution >= 4 is 23.2 Å². The van der Waals surface area contributed by atoms with Gasteiger partial charge in [-0.05, 0) is 36.6 Å². The van der Waals surface area contributed by atoms with E-state index in [1.807, 2.05) is 11.9 Å². The molecular formula is C18H16F3N3O3. The Morgan fingerprint density at radius 1 is 1.19 bits per heavy atom. The molecule has 1 aliphatic carbocycles. The third-order valence-electron chi connectivity index (χ3n) is 4.32. The predicted molar refractivity (Wildman–Crippen MR) is 92.4 cm³/mol. The Labute approximate surface area is 151 Å². The molecule has 0 aliphatic heterocycles. The maximum absolute atomic E-state index is 12.8. The van der Waals surface area contributed by atoms with Gasteiger partial charge in [-0.3, -0.25) is 14.4 Å². The van der Waals surface area contributed by atoms with Gasteiger partial charge in [0.15, 0.2) is 0 Å². The van der Waals surface area contributed by atoms with Crippen molar-refractivity contribution in [2.45, 2.75) is 19.5 Å². The van der Waals surface area contributed by atoms with Crippen molar-refractivity contribution < 1.29 is 22.8 Å². The van der Waals surface area contributed by atoms with Crippen LogP contribution in [0.15, 0.2) is 41.3 Å². The minimum absolute atomic E-state index is 0.0499. The van der Waals surface area contributed by atoms with Gasteiger partial charge in [0.25, 0.3) is 11.5 Å². The molecule has 1 aliphatic rings. The van der Waals surface area contributed by atoms with E-state index in [1.165, 1.54) is 18.2 Å².